The van der Waals surface area contributed by atoms with Gasteiger partial charge in [-0.2, -0.15) is 0 Å². The largest absolute Gasteiger partial charge is 0.325 e. The van der Waals surface area contributed by atoms with Crippen molar-refractivity contribution in [1.29, 1.82) is 0 Å². The smallest absolute Gasteiger partial charge is 0.234 e. The van der Waals surface area contributed by atoms with Gasteiger partial charge in [-0.1, -0.05) is 47.1 Å². The van der Waals surface area contributed by atoms with Crippen molar-refractivity contribution in [3.8, 4) is 5.69 Å². The number of hydrogen-bond donors (Lipinski definition) is 1. The molecule has 140 valence electrons. The number of carbonyl (C=O) groups excluding carboxylic acids is 1. The number of nitrogens with zero attached hydrogens (tertiary/aromatic N) is 3. The second-order valence-corrected chi connectivity index (χ2v) is 7.88. The first kappa shape index (κ1) is 19.5. The molecule has 3 rings (SSSR count). The highest BCUT2D eigenvalue weighted by molar-refractivity contribution is 7.99. The molecule has 1 amide bonds. The number of hydrogen-bond acceptors (Lipinski definition) is 4. The number of rotatable bonds is 5. The predicted octanol–water partition coefficient (Wildman–Crippen LogP) is 4.89. The maximum atomic E-state index is 12.4. The average molecular weight is 401 g/mol. The predicted molar refractivity (Wildman–Crippen MR) is 111 cm³/mol. The minimum atomic E-state index is -0.0773. The van der Waals surface area contributed by atoms with E-state index in [0.717, 1.165) is 28.1 Å². The lowest BCUT2D eigenvalue weighted by Crippen LogP contribution is -2.16. The van der Waals surface area contributed by atoms with Gasteiger partial charge in [0.1, 0.15) is 6.33 Å². The zero-order valence-corrected chi connectivity index (χ0v) is 17.3. The van der Waals surface area contributed by atoms with Crippen molar-refractivity contribution in [3.63, 3.8) is 0 Å². The van der Waals surface area contributed by atoms with Gasteiger partial charge < -0.3 is 5.32 Å². The number of nitrogens with one attached hydrogen (secondary N) is 1. The highest BCUT2D eigenvalue weighted by atomic mass is 35.5. The molecular formula is C20H21ClN4OS. The molecule has 0 fully saturated rings. The number of halogens is 1. The Labute approximate surface area is 168 Å². The molecule has 27 heavy (non-hydrogen) atoms. The van der Waals surface area contributed by atoms with E-state index in [1.165, 1.54) is 17.3 Å². The van der Waals surface area contributed by atoms with E-state index < -0.39 is 0 Å². The highest BCUT2D eigenvalue weighted by Crippen LogP contribution is 2.25. The van der Waals surface area contributed by atoms with Crippen LogP contribution in [-0.2, 0) is 4.79 Å². The quantitative estimate of drug-likeness (QED) is 0.619. The third-order valence-corrected chi connectivity index (χ3v) is 5.57. The van der Waals surface area contributed by atoms with Crippen LogP contribution in [0.4, 0.5) is 5.69 Å². The summed E-state index contributed by atoms with van der Waals surface area (Å²) in [4.78, 5) is 12.4. The summed E-state index contributed by atoms with van der Waals surface area (Å²) in [5, 5.41) is 12.4. The van der Waals surface area contributed by atoms with Crippen molar-refractivity contribution in [2.75, 3.05) is 11.1 Å². The number of aromatic nitrogens is 3. The van der Waals surface area contributed by atoms with Crippen LogP contribution in [-0.4, -0.2) is 26.4 Å². The van der Waals surface area contributed by atoms with Gasteiger partial charge in [0.2, 0.25) is 5.91 Å². The highest BCUT2D eigenvalue weighted by Gasteiger charge is 2.13. The van der Waals surface area contributed by atoms with Gasteiger partial charge >= 0.3 is 0 Å². The second kappa shape index (κ2) is 8.15. The molecule has 0 saturated carbocycles. The molecule has 7 heteroatoms. The Kier molecular flexibility index (Phi) is 5.87. The molecule has 0 aliphatic rings. The first-order chi connectivity index (χ1) is 12.8. The Bertz CT molecular complexity index is 976. The molecule has 0 radical (unpaired) electrons. The van der Waals surface area contributed by atoms with E-state index in [2.05, 4.69) is 27.6 Å². The Morgan fingerprint density at radius 1 is 1.11 bits per heavy atom. The van der Waals surface area contributed by atoms with E-state index in [-0.39, 0.29) is 11.7 Å². The average Bonchev–Trinajstić information content (AvgIpc) is 3.07. The molecular weight excluding hydrogens is 380 g/mol. The van der Waals surface area contributed by atoms with E-state index >= 15 is 0 Å². The molecule has 0 aliphatic carbocycles. The maximum Gasteiger partial charge on any atom is 0.234 e. The first-order valence-corrected chi connectivity index (χ1v) is 9.88. The van der Waals surface area contributed by atoms with Crippen molar-refractivity contribution in [2.45, 2.75) is 32.9 Å². The number of aryl methyl sites for hydroxylation is 4. The third-order valence-electron chi connectivity index (χ3n) is 4.22. The van der Waals surface area contributed by atoms with Gasteiger partial charge in [-0.25, -0.2) is 0 Å². The third kappa shape index (κ3) is 4.51. The van der Waals surface area contributed by atoms with E-state index in [0.29, 0.717) is 10.2 Å². The van der Waals surface area contributed by atoms with Gasteiger partial charge in [-0.05, 0) is 56.5 Å². The van der Waals surface area contributed by atoms with E-state index in [9.17, 15) is 4.79 Å². The number of carbonyl (C=O) groups is 1. The van der Waals surface area contributed by atoms with Crippen molar-refractivity contribution >= 4 is 35.0 Å². The van der Waals surface area contributed by atoms with Gasteiger partial charge in [0.25, 0.3) is 0 Å². The fourth-order valence-corrected chi connectivity index (χ4v) is 3.82. The first-order valence-electron chi connectivity index (χ1n) is 8.52. The van der Waals surface area contributed by atoms with Crippen molar-refractivity contribution in [3.05, 3.63) is 63.9 Å². The monoisotopic (exact) mass is 400 g/mol. The van der Waals surface area contributed by atoms with E-state index in [1.807, 2.05) is 50.5 Å². The molecule has 0 unspecified atom stereocenters. The van der Waals surface area contributed by atoms with Gasteiger partial charge in [-0.3, -0.25) is 9.36 Å². The van der Waals surface area contributed by atoms with Crippen LogP contribution >= 0.6 is 23.4 Å². The minimum Gasteiger partial charge on any atom is -0.325 e. The number of benzene rings is 2. The van der Waals surface area contributed by atoms with Crippen molar-refractivity contribution in [1.82, 2.24) is 14.8 Å². The molecule has 2 aromatic carbocycles. The van der Waals surface area contributed by atoms with Gasteiger partial charge in [-0.15, -0.1) is 10.2 Å². The summed E-state index contributed by atoms with van der Waals surface area (Å²) >= 11 is 7.55. The van der Waals surface area contributed by atoms with Crippen LogP contribution in [0.3, 0.4) is 0 Å². The van der Waals surface area contributed by atoms with Gasteiger partial charge in [0.05, 0.1) is 11.4 Å². The summed E-state index contributed by atoms with van der Waals surface area (Å²) in [7, 11) is 0. The summed E-state index contributed by atoms with van der Waals surface area (Å²) in [6.07, 6.45) is 1.62. The van der Waals surface area contributed by atoms with Gasteiger partial charge in [0.15, 0.2) is 5.16 Å². The number of thioether (sulfide) groups is 1. The molecule has 1 aromatic heterocycles. The molecule has 0 spiro atoms. The van der Waals surface area contributed by atoms with Crippen LogP contribution < -0.4 is 5.32 Å². The molecule has 1 heterocycles. The number of anilines is 1. The minimum absolute atomic E-state index is 0.0773. The Morgan fingerprint density at radius 3 is 2.48 bits per heavy atom. The fourth-order valence-electron chi connectivity index (χ4n) is 2.91. The Morgan fingerprint density at radius 2 is 1.81 bits per heavy atom. The zero-order valence-electron chi connectivity index (χ0n) is 15.7. The summed E-state index contributed by atoms with van der Waals surface area (Å²) in [5.41, 5.74) is 6.04. The lowest BCUT2D eigenvalue weighted by Gasteiger charge is -2.13. The summed E-state index contributed by atoms with van der Waals surface area (Å²) < 4.78 is 1.83. The lowest BCUT2D eigenvalue weighted by molar-refractivity contribution is -0.113. The standard InChI is InChI=1S/C20H21ClN4OS/c1-12-7-14(3)19(15(4)8-12)23-18(26)10-27-20-24-22-11-25(20)16-6-5-13(2)17(21)9-16/h5-9,11H,10H2,1-4H3,(H,23,26). The topological polar surface area (TPSA) is 59.8 Å². The Hall–Kier alpha value is -2.31. The van der Waals surface area contributed by atoms with Gasteiger partial charge in [0, 0.05) is 10.7 Å². The Balaban J connectivity index is 1.70. The zero-order chi connectivity index (χ0) is 19.6. The van der Waals surface area contributed by atoms with Crippen LogP contribution in [0.2, 0.25) is 5.02 Å². The molecule has 1 N–H and O–H groups in total. The van der Waals surface area contributed by atoms with Crippen molar-refractivity contribution < 1.29 is 4.79 Å². The molecule has 5 nitrogen and oxygen atoms in total. The molecule has 3 aromatic rings. The molecule has 0 aliphatic heterocycles. The summed E-state index contributed by atoms with van der Waals surface area (Å²) in [6.45, 7) is 8.00. The fraction of sp³-hybridized carbons (Fsp3) is 0.250. The second-order valence-electron chi connectivity index (χ2n) is 6.53. The summed E-state index contributed by atoms with van der Waals surface area (Å²) in [5.74, 6) is 0.164. The van der Waals surface area contributed by atoms with Crippen LogP contribution in [0.5, 0.6) is 0 Å². The molecule has 0 saturated heterocycles. The van der Waals surface area contributed by atoms with Crippen LogP contribution in [0, 0.1) is 27.7 Å². The normalized spacial score (nSPS) is 10.9. The van der Waals surface area contributed by atoms with E-state index in [1.54, 1.807) is 6.33 Å². The van der Waals surface area contributed by atoms with Crippen LogP contribution in [0.25, 0.3) is 5.69 Å². The molecule has 0 atom stereocenters. The van der Waals surface area contributed by atoms with Crippen LogP contribution in [0.1, 0.15) is 22.3 Å². The SMILES string of the molecule is Cc1cc(C)c(NC(=O)CSc2nncn2-c2ccc(C)c(Cl)c2)c(C)c1. The van der Waals surface area contributed by atoms with Crippen LogP contribution in [0.15, 0.2) is 41.8 Å². The summed E-state index contributed by atoms with van der Waals surface area (Å²) in [6, 6.07) is 9.89. The van der Waals surface area contributed by atoms with E-state index in [4.69, 9.17) is 11.6 Å². The molecule has 0 bridgehead atoms. The van der Waals surface area contributed by atoms with Crippen molar-refractivity contribution in [2.24, 2.45) is 0 Å². The number of amides is 1. The lowest BCUT2D eigenvalue weighted by atomic mass is 10.1. The maximum absolute atomic E-state index is 12.4.